The topological polar surface area (TPSA) is 29.5 Å². The van der Waals surface area contributed by atoms with Gasteiger partial charge in [-0.1, -0.05) is 28.1 Å². The average molecular weight is 286 g/mol. The Morgan fingerprint density at radius 3 is 2.69 bits per heavy atom. The third kappa shape index (κ3) is 4.33. The zero-order valence-corrected chi connectivity index (χ0v) is 11.3. The number of halogens is 1. The van der Waals surface area contributed by atoms with Gasteiger partial charge in [-0.2, -0.15) is 0 Å². The molecule has 0 amide bonds. The van der Waals surface area contributed by atoms with E-state index >= 15 is 0 Å². The Hall–Kier alpha value is -0.870. The van der Waals surface area contributed by atoms with Crippen LogP contribution in [0.2, 0.25) is 0 Å². The van der Waals surface area contributed by atoms with Crippen LogP contribution in [0.5, 0.6) is 0 Å². The van der Waals surface area contributed by atoms with Gasteiger partial charge in [0.15, 0.2) is 0 Å². The summed E-state index contributed by atoms with van der Waals surface area (Å²) in [6, 6.07) is 7.81. The fourth-order valence-corrected chi connectivity index (χ4v) is 1.87. The highest BCUT2D eigenvalue weighted by atomic mass is 79.9. The van der Waals surface area contributed by atoms with Gasteiger partial charge in [0.05, 0.1) is 0 Å². The van der Waals surface area contributed by atoms with E-state index in [1.807, 2.05) is 43.3 Å². The Bertz CT molecular complexity index is 366. The normalized spacial score (nSPS) is 12.6. The predicted molar refractivity (Wildman–Crippen MR) is 67.2 cm³/mol. The lowest BCUT2D eigenvalue weighted by Crippen LogP contribution is -2.23. The molecular formula is C12H16BrNO2. The van der Waals surface area contributed by atoms with Gasteiger partial charge in [0.25, 0.3) is 0 Å². The number of carbonyl (C=O) groups excluding carboxylic acids is 1. The number of ether oxygens (including phenoxy) is 1. The maximum absolute atomic E-state index is 11.0. The van der Waals surface area contributed by atoms with Crippen molar-refractivity contribution in [2.45, 2.75) is 13.0 Å². The second-order valence-corrected chi connectivity index (χ2v) is 4.83. The van der Waals surface area contributed by atoms with Gasteiger partial charge in [-0.25, -0.2) is 0 Å². The Kier molecular flexibility index (Phi) is 4.96. The standard InChI is InChI=1S/C12H16BrNO2/c1-9(15)16-12(8-14(2)3)10-5-4-6-11(13)7-10/h4-7,12H,8H2,1-3H3. The molecule has 88 valence electrons. The van der Waals surface area contributed by atoms with Crippen LogP contribution < -0.4 is 0 Å². The summed E-state index contributed by atoms with van der Waals surface area (Å²) in [5, 5.41) is 0. The third-order valence-electron chi connectivity index (χ3n) is 2.06. The molecule has 0 aromatic heterocycles. The summed E-state index contributed by atoms with van der Waals surface area (Å²) in [4.78, 5) is 13.0. The molecule has 1 aromatic carbocycles. The van der Waals surface area contributed by atoms with E-state index in [1.165, 1.54) is 6.92 Å². The second kappa shape index (κ2) is 6.01. The highest BCUT2D eigenvalue weighted by Crippen LogP contribution is 2.21. The molecule has 4 heteroatoms. The van der Waals surface area contributed by atoms with E-state index in [-0.39, 0.29) is 12.1 Å². The maximum atomic E-state index is 11.0. The molecule has 0 N–H and O–H groups in total. The molecule has 1 unspecified atom stereocenters. The summed E-state index contributed by atoms with van der Waals surface area (Å²) in [5.41, 5.74) is 0.998. The number of likely N-dealkylation sites (N-methyl/N-ethyl adjacent to an activating group) is 1. The molecule has 1 atom stereocenters. The van der Waals surface area contributed by atoms with Gasteiger partial charge in [0, 0.05) is 17.9 Å². The molecule has 0 spiro atoms. The van der Waals surface area contributed by atoms with Crippen molar-refractivity contribution in [3.8, 4) is 0 Å². The zero-order valence-electron chi connectivity index (χ0n) is 9.74. The highest BCUT2D eigenvalue weighted by molar-refractivity contribution is 9.10. The van der Waals surface area contributed by atoms with Crippen molar-refractivity contribution in [1.29, 1.82) is 0 Å². The van der Waals surface area contributed by atoms with E-state index in [1.54, 1.807) is 0 Å². The summed E-state index contributed by atoms with van der Waals surface area (Å²) in [6.07, 6.45) is -0.218. The molecule has 1 rings (SSSR count). The van der Waals surface area contributed by atoms with Gasteiger partial charge in [0.1, 0.15) is 6.10 Å². The Labute approximate surface area is 105 Å². The first-order valence-electron chi connectivity index (χ1n) is 5.06. The minimum Gasteiger partial charge on any atom is -0.456 e. The van der Waals surface area contributed by atoms with Crippen molar-refractivity contribution in [2.24, 2.45) is 0 Å². The van der Waals surface area contributed by atoms with Crippen molar-refractivity contribution in [3.63, 3.8) is 0 Å². The number of hydrogen-bond donors (Lipinski definition) is 0. The summed E-state index contributed by atoms with van der Waals surface area (Å²) in [6.45, 7) is 2.11. The number of hydrogen-bond acceptors (Lipinski definition) is 3. The fraction of sp³-hybridized carbons (Fsp3) is 0.417. The first kappa shape index (κ1) is 13.2. The lowest BCUT2D eigenvalue weighted by molar-refractivity contribution is -0.147. The van der Waals surface area contributed by atoms with E-state index in [9.17, 15) is 4.79 Å². The quantitative estimate of drug-likeness (QED) is 0.797. The maximum Gasteiger partial charge on any atom is 0.303 e. The summed E-state index contributed by atoms with van der Waals surface area (Å²) in [7, 11) is 3.91. The molecule has 1 aromatic rings. The predicted octanol–water partition coefficient (Wildman–Crippen LogP) is 2.61. The molecule has 0 saturated carbocycles. The van der Waals surface area contributed by atoms with Crippen LogP contribution in [0, 0.1) is 0 Å². The largest absolute Gasteiger partial charge is 0.456 e. The van der Waals surface area contributed by atoms with Gasteiger partial charge in [-0.15, -0.1) is 0 Å². The highest BCUT2D eigenvalue weighted by Gasteiger charge is 2.15. The van der Waals surface area contributed by atoms with E-state index in [0.717, 1.165) is 10.0 Å². The van der Waals surface area contributed by atoms with Crippen LogP contribution in [0.4, 0.5) is 0 Å². The number of rotatable bonds is 4. The molecule has 0 bridgehead atoms. The van der Waals surface area contributed by atoms with Crippen LogP contribution in [0.3, 0.4) is 0 Å². The van der Waals surface area contributed by atoms with Crippen LogP contribution in [0.25, 0.3) is 0 Å². The van der Waals surface area contributed by atoms with E-state index in [0.29, 0.717) is 6.54 Å². The first-order chi connectivity index (χ1) is 7.49. The van der Waals surface area contributed by atoms with Crippen LogP contribution in [0.15, 0.2) is 28.7 Å². The second-order valence-electron chi connectivity index (χ2n) is 3.92. The zero-order chi connectivity index (χ0) is 12.1. The molecule has 0 heterocycles. The molecule has 0 saturated heterocycles. The Balaban J connectivity index is 2.86. The van der Waals surface area contributed by atoms with Gasteiger partial charge < -0.3 is 9.64 Å². The van der Waals surface area contributed by atoms with E-state index in [2.05, 4.69) is 15.9 Å². The summed E-state index contributed by atoms with van der Waals surface area (Å²) < 4.78 is 6.29. The molecule has 0 fully saturated rings. The number of benzene rings is 1. The molecule has 0 aliphatic rings. The van der Waals surface area contributed by atoms with Crippen LogP contribution >= 0.6 is 15.9 Å². The molecule has 0 aliphatic heterocycles. The van der Waals surface area contributed by atoms with Crippen molar-refractivity contribution >= 4 is 21.9 Å². The summed E-state index contributed by atoms with van der Waals surface area (Å²) in [5.74, 6) is -0.258. The molecule has 0 aliphatic carbocycles. The smallest absolute Gasteiger partial charge is 0.303 e. The Morgan fingerprint density at radius 1 is 1.50 bits per heavy atom. The van der Waals surface area contributed by atoms with Gasteiger partial charge in [-0.3, -0.25) is 4.79 Å². The fourth-order valence-electron chi connectivity index (χ4n) is 1.45. The average Bonchev–Trinajstić information content (AvgIpc) is 2.15. The van der Waals surface area contributed by atoms with Crippen LogP contribution in [0.1, 0.15) is 18.6 Å². The van der Waals surface area contributed by atoms with Gasteiger partial charge in [-0.05, 0) is 31.8 Å². The third-order valence-corrected chi connectivity index (χ3v) is 2.55. The SMILES string of the molecule is CC(=O)OC(CN(C)C)c1cccc(Br)c1. The van der Waals surface area contributed by atoms with E-state index in [4.69, 9.17) is 4.74 Å². The van der Waals surface area contributed by atoms with Crippen molar-refractivity contribution in [3.05, 3.63) is 34.3 Å². The van der Waals surface area contributed by atoms with Crippen molar-refractivity contribution in [2.75, 3.05) is 20.6 Å². The summed E-state index contributed by atoms with van der Waals surface area (Å²) >= 11 is 3.41. The van der Waals surface area contributed by atoms with Gasteiger partial charge >= 0.3 is 5.97 Å². The molecule has 3 nitrogen and oxygen atoms in total. The minimum atomic E-state index is -0.258. The van der Waals surface area contributed by atoms with Crippen molar-refractivity contribution < 1.29 is 9.53 Å². The molecule has 0 radical (unpaired) electrons. The lowest BCUT2D eigenvalue weighted by atomic mass is 10.1. The monoisotopic (exact) mass is 285 g/mol. The van der Waals surface area contributed by atoms with Gasteiger partial charge in [0.2, 0.25) is 0 Å². The Morgan fingerprint density at radius 2 is 2.19 bits per heavy atom. The first-order valence-corrected chi connectivity index (χ1v) is 5.85. The van der Waals surface area contributed by atoms with Crippen molar-refractivity contribution in [1.82, 2.24) is 4.90 Å². The van der Waals surface area contributed by atoms with E-state index < -0.39 is 0 Å². The number of esters is 1. The van der Waals surface area contributed by atoms with Crippen LogP contribution in [-0.2, 0) is 9.53 Å². The number of nitrogens with zero attached hydrogens (tertiary/aromatic N) is 1. The lowest BCUT2D eigenvalue weighted by Gasteiger charge is -2.21. The van der Waals surface area contributed by atoms with Crippen LogP contribution in [-0.4, -0.2) is 31.5 Å². The molecular weight excluding hydrogens is 270 g/mol. The molecule has 16 heavy (non-hydrogen) atoms. The number of carbonyl (C=O) groups is 1. The minimum absolute atomic E-state index is 0.218.